The van der Waals surface area contributed by atoms with Crippen molar-refractivity contribution < 1.29 is 23.6 Å². The highest BCUT2D eigenvalue weighted by Crippen LogP contribution is 2.32. The lowest BCUT2D eigenvalue weighted by Crippen LogP contribution is -3.08. The molecule has 0 saturated carbocycles. The minimum Gasteiger partial charge on any atom is -0.467 e. The molecule has 1 aliphatic heterocycles. The van der Waals surface area contributed by atoms with E-state index in [0.717, 1.165) is 39.0 Å². The Morgan fingerprint density at radius 3 is 2.81 bits per heavy atom. The average Bonchev–Trinajstić information content (AvgIpc) is 3.46. The zero-order valence-electron chi connectivity index (χ0n) is 17.8. The minimum absolute atomic E-state index is 0.159. The summed E-state index contributed by atoms with van der Waals surface area (Å²) < 4.78 is 18.1. The van der Waals surface area contributed by atoms with Crippen LogP contribution < -0.4 is 19.7 Å². The molecule has 160 valence electrons. The fourth-order valence-corrected chi connectivity index (χ4v) is 3.80. The fourth-order valence-electron chi connectivity index (χ4n) is 3.80. The summed E-state index contributed by atoms with van der Waals surface area (Å²) in [6.45, 7) is 5.41. The van der Waals surface area contributed by atoms with Crippen LogP contribution in [-0.2, 0) is 17.9 Å². The number of quaternary nitrogens is 1. The maximum atomic E-state index is 12.8. The zero-order valence-corrected chi connectivity index (χ0v) is 17.8. The maximum Gasteiger partial charge on any atom is 0.280 e. The molecule has 0 spiro atoms. The summed E-state index contributed by atoms with van der Waals surface area (Å²) >= 11 is 0. The van der Waals surface area contributed by atoms with Gasteiger partial charge in [-0.15, -0.1) is 0 Å². The fraction of sp³-hybridized carbons (Fsp3) is 0.304. The molecule has 4 rings (SSSR count). The minimum atomic E-state index is -0.159. The first kappa shape index (κ1) is 20.6. The van der Waals surface area contributed by atoms with Gasteiger partial charge in [0.05, 0.1) is 25.4 Å². The number of ether oxygens (including phenoxy) is 2. The molecule has 31 heavy (non-hydrogen) atoms. The van der Waals surface area contributed by atoms with Crippen molar-refractivity contribution in [3.05, 3.63) is 64.7 Å². The van der Waals surface area contributed by atoms with Crippen LogP contribution in [-0.4, -0.2) is 30.9 Å². The normalized spacial score (nSPS) is 13.1. The molecular weight excluding hydrogens is 396 g/mol. The Morgan fingerprint density at radius 1 is 1.26 bits per heavy atom. The van der Waals surface area contributed by atoms with Crippen LogP contribution in [0.5, 0.6) is 11.5 Å². The third kappa shape index (κ3) is 4.27. The molecular formula is C23H25N4O4+. The van der Waals surface area contributed by atoms with Gasteiger partial charge in [-0.1, -0.05) is 0 Å². The van der Waals surface area contributed by atoms with Gasteiger partial charge in [0.15, 0.2) is 18.0 Å². The topological polar surface area (TPSA) is 93.9 Å². The van der Waals surface area contributed by atoms with Crippen LogP contribution in [0.4, 0.5) is 5.82 Å². The summed E-state index contributed by atoms with van der Waals surface area (Å²) in [5, 5.41) is 12.6. The first-order valence-corrected chi connectivity index (χ1v) is 10.1. The highest BCUT2D eigenvalue weighted by molar-refractivity contribution is 5.92. The number of furan rings is 1. The molecule has 3 heterocycles. The van der Waals surface area contributed by atoms with Gasteiger partial charge in [-0.25, -0.2) is 0 Å². The molecule has 0 radical (unpaired) electrons. The van der Waals surface area contributed by atoms with Crippen LogP contribution in [0.15, 0.2) is 41.0 Å². The van der Waals surface area contributed by atoms with Crippen molar-refractivity contribution in [2.45, 2.75) is 26.9 Å². The van der Waals surface area contributed by atoms with Crippen molar-refractivity contribution in [2.24, 2.45) is 0 Å². The van der Waals surface area contributed by atoms with Crippen LogP contribution in [0.1, 0.15) is 28.1 Å². The Labute approximate surface area is 180 Å². The second-order valence-electron chi connectivity index (χ2n) is 7.76. The van der Waals surface area contributed by atoms with E-state index in [1.54, 1.807) is 6.26 Å². The monoisotopic (exact) mass is 421 g/mol. The summed E-state index contributed by atoms with van der Waals surface area (Å²) in [6.07, 6.45) is 1.61. The number of hydrogen-bond acceptors (Lipinski definition) is 5. The molecule has 1 atom stereocenters. The van der Waals surface area contributed by atoms with Gasteiger partial charge in [-0.3, -0.25) is 4.79 Å². The zero-order chi connectivity index (χ0) is 22.0. The van der Waals surface area contributed by atoms with Crippen molar-refractivity contribution in [1.82, 2.24) is 4.57 Å². The Balaban J connectivity index is 1.46. The molecule has 1 aliphatic rings. The quantitative estimate of drug-likeness (QED) is 0.609. The number of amides is 1. The molecule has 2 N–H and O–H groups in total. The summed E-state index contributed by atoms with van der Waals surface area (Å²) in [5.74, 6) is 2.58. The Hall–Kier alpha value is -3.70. The van der Waals surface area contributed by atoms with Gasteiger partial charge in [0.2, 0.25) is 6.79 Å². The first-order valence-electron chi connectivity index (χ1n) is 10.1. The third-order valence-corrected chi connectivity index (χ3v) is 5.50. The molecule has 8 heteroatoms. The number of carbonyl (C=O) groups excluding carboxylic acids is 1. The number of fused-ring (bicyclic) bond motifs is 1. The third-order valence-electron chi connectivity index (χ3n) is 5.50. The number of anilines is 1. The maximum absolute atomic E-state index is 12.8. The van der Waals surface area contributed by atoms with Crippen LogP contribution in [0.3, 0.4) is 0 Å². The molecule has 1 aromatic carbocycles. The highest BCUT2D eigenvalue weighted by Gasteiger charge is 2.22. The van der Waals surface area contributed by atoms with Crippen molar-refractivity contribution in [1.29, 1.82) is 5.26 Å². The van der Waals surface area contributed by atoms with Crippen LogP contribution in [0, 0.1) is 25.2 Å². The lowest BCUT2D eigenvalue weighted by Gasteiger charge is -2.16. The summed E-state index contributed by atoms with van der Waals surface area (Å²) in [7, 11) is 1.95. The predicted molar refractivity (Wildman–Crippen MR) is 113 cm³/mol. The van der Waals surface area contributed by atoms with Crippen molar-refractivity contribution >= 4 is 11.7 Å². The van der Waals surface area contributed by atoms with Gasteiger partial charge in [0.25, 0.3) is 5.91 Å². The molecule has 0 bridgehead atoms. The van der Waals surface area contributed by atoms with E-state index in [9.17, 15) is 10.1 Å². The largest absolute Gasteiger partial charge is 0.467 e. The average molecular weight is 421 g/mol. The number of carbonyl (C=O) groups is 1. The van der Waals surface area contributed by atoms with Gasteiger partial charge in [-0.2, -0.15) is 5.26 Å². The molecule has 1 unspecified atom stereocenters. The smallest absolute Gasteiger partial charge is 0.280 e. The van der Waals surface area contributed by atoms with Gasteiger partial charge < -0.3 is 28.7 Å². The molecule has 0 aliphatic carbocycles. The van der Waals surface area contributed by atoms with E-state index in [2.05, 4.69) is 11.4 Å². The number of likely N-dealkylation sites (N-methyl/N-ethyl adjacent to an activating group) is 1. The molecule has 2 aromatic heterocycles. The number of nitrogens with zero attached hydrogens (tertiary/aromatic N) is 2. The van der Waals surface area contributed by atoms with E-state index in [1.165, 1.54) is 0 Å². The number of rotatable bonds is 7. The van der Waals surface area contributed by atoms with Gasteiger partial charge in [-0.05, 0) is 49.7 Å². The number of benzene rings is 1. The Morgan fingerprint density at radius 2 is 2.06 bits per heavy atom. The molecule has 0 saturated heterocycles. The lowest BCUT2D eigenvalue weighted by atomic mass is 10.2. The number of nitriles is 1. The highest BCUT2D eigenvalue weighted by atomic mass is 16.7. The number of aromatic nitrogens is 1. The Kier molecular flexibility index (Phi) is 5.69. The number of nitrogens with one attached hydrogen (secondary N) is 2. The molecule has 8 nitrogen and oxygen atoms in total. The summed E-state index contributed by atoms with van der Waals surface area (Å²) in [5.41, 5.74) is 3.31. The summed E-state index contributed by atoms with van der Waals surface area (Å²) in [4.78, 5) is 13.8. The van der Waals surface area contributed by atoms with Crippen molar-refractivity contribution in [2.75, 3.05) is 25.7 Å². The standard InChI is InChI=1S/C23H24N4O4/c1-15-16(2)27(12-18-5-4-8-29-18)23(19(15)10-24)25-22(28)13-26(3)11-17-6-7-20-21(9-17)31-14-30-20/h4-9H,11-14H2,1-3H3,(H,25,28)/p+1. The van der Waals surface area contributed by atoms with Gasteiger partial charge in [0, 0.05) is 11.3 Å². The van der Waals surface area contributed by atoms with Crippen LogP contribution in [0.25, 0.3) is 0 Å². The van der Waals surface area contributed by atoms with Crippen LogP contribution in [0.2, 0.25) is 0 Å². The molecule has 0 fully saturated rings. The van der Waals surface area contributed by atoms with Crippen molar-refractivity contribution in [3.63, 3.8) is 0 Å². The van der Waals surface area contributed by atoms with Gasteiger partial charge >= 0.3 is 0 Å². The first-order chi connectivity index (χ1) is 15.0. The molecule has 1 amide bonds. The van der Waals surface area contributed by atoms with E-state index in [1.807, 2.05) is 55.8 Å². The molecule has 3 aromatic rings. The van der Waals surface area contributed by atoms with Crippen LogP contribution >= 0.6 is 0 Å². The SMILES string of the molecule is Cc1c(C#N)c(NC(=O)C[NH+](C)Cc2ccc3c(c2)OCO3)n(Cc2ccco2)c1C. The van der Waals surface area contributed by atoms with Crippen molar-refractivity contribution in [3.8, 4) is 17.6 Å². The predicted octanol–water partition coefficient (Wildman–Crippen LogP) is 2.00. The second kappa shape index (κ2) is 8.58. The number of hydrogen-bond donors (Lipinski definition) is 2. The van der Waals surface area contributed by atoms with E-state index in [4.69, 9.17) is 13.9 Å². The lowest BCUT2D eigenvalue weighted by molar-refractivity contribution is -0.885. The van der Waals surface area contributed by atoms with E-state index < -0.39 is 0 Å². The summed E-state index contributed by atoms with van der Waals surface area (Å²) in [6, 6.07) is 11.7. The van der Waals surface area contributed by atoms with E-state index >= 15 is 0 Å². The van der Waals surface area contributed by atoms with E-state index in [-0.39, 0.29) is 19.2 Å². The van der Waals surface area contributed by atoms with Gasteiger partial charge in [0.1, 0.15) is 24.2 Å². The second-order valence-corrected chi connectivity index (χ2v) is 7.76. The Bertz CT molecular complexity index is 1140. The van der Waals surface area contributed by atoms with E-state index in [0.29, 0.717) is 24.5 Å².